The monoisotopic (exact) mass is 894 g/mol. The van der Waals surface area contributed by atoms with Crippen molar-refractivity contribution in [3.8, 4) is 5.75 Å². The molecule has 1 unspecified atom stereocenters. The summed E-state index contributed by atoms with van der Waals surface area (Å²) in [6.07, 6.45) is -0.236. The highest BCUT2D eigenvalue weighted by Crippen LogP contribution is 2.48. The standard InChI is InChI=1S/C28H27BrN6O15S4/c29-15(13-37)11-23(38)31-17-3-6-20(52(42,43)44)19(12-17)33-35-27-22(54(48,49)50)10-14-9-21(53(45,46)47)26(25(30)24(14)28(27)39)34-32-16-1-4-18(5-2-16)51(40,41)8-7-36/h1-6,9-10,12,15,36-37,39H,7-8,11,13,30H2,(H,31,38)(H,42,43,44)(H,45,46,47)(H,48,49,50). The van der Waals surface area contributed by atoms with Crippen LogP contribution in [0.25, 0.3) is 10.8 Å². The van der Waals surface area contributed by atoms with E-state index in [-0.39, 0.29) is 22.7 Å². The van der Waals surface area contributed by atoms with E-state index in [1.54, 1.807) is 0 Å². The van der Waals surface area contributed by atoms with E-state index >= 15 is 0 Å². The van der Waals surface area contributed by atoms with Crippen molar-refractivity contribution < 1.29 is 67.4 Å². The lowest BCUT2D eigenvalue weighted by Crippen LogP contribution is -2.18. The third-order valence-corrected chi connectivity index (χ3v) is 12.0. The van der Waals surface area contributed by atoms with Gasteiger partial charge in [-0.1, -0.05) is 15.9 Å². The molecule has 0 saturated heterocycles. The molecule has 9 N–H and O–H groups in total. The minimum absolute atomic E-state index is 0.0763. The van der Waals surface area contributed by atoms with Gasteiger partial charge in [-0.15, -0.1) is 15.3 Å². The van der Waals surface area contributed by atoms with Crippen LogP contribution in [0.3, 0.4) is 0 Å². The first-order chi connectivity index (χ1) is 25.0. The predicted octanol–water partition coefficient (Wildman–Crippen LogP) is 3.55. The fourth-order valence-electron chi connectivity index (χ4n) is 4.64. The van der Waals surface area contributed by atoms with Gasteiger partial charge in [-0.3, -0.25) is 18.5 Å². The summed E-state index contributed by atoms with van der Waals surface area (Å²) in [6, 6.07) is 8.46. The number of sulfone groups is 1. The highest BCUT2D eigenvalue weighted by molar-refractivity contribution is 9.09. The molecule has 0 aliphatic heterocycles. The quantitative estimate of drug-likeness (QED) is 0.0388. The zero-order valence-corrected chi connectivity index (χ0v) is 31.7. The number of amides is 1. The lowest BCUT2D eigenvalue weighted by Gasteiger charge is -2.14. The van der Waals surface area contributed by atoms with E-state index < -0.39 is 124 Å². The zero-order chi connectivity index (χ0) is 40.4. The van der Waals surface area contributed by atoms with Crippen LogP contribution in [0.15, 0.2) is 94.6 Å². The maximum Gasteiger partial charge on any atom is 0.296 e. The number of azo groups is 2. The van der Waals surface area contributed by atoms with Crippen molar-refractivity contribution in [2.45, 2.75) is 30.8 Å². The van der Waals surface area contributed by atoms with Crippen molar-refractivity contribution in [3.05, 3.63) is 54.6 Å². The van der Waals surface area contributed by atoms with Crippen LogP contribution in [0.2, 0.25) is 0 Å². The van der Waals surface area contributed by atoms with Crippen LogP contribution in [-0.2, 0) is 45.0 Å². The fourth-order valence-corrected chi connectivity index (χ4v) is 7.90. The first kappa shape index (κ1) is 42.2. The molecule has 0 bridgehead atoms. The number of nitrogens with two attached hydrogens (primary N) is 1. The normalized spacial score (nSPS) is 13.5. The van der Waals surface area contributed by atoms with Crippen LogP contribution >= 0.6 is 15.9 Å². The Labute approximate surface area is 314 Å². The summed E-state index contributed by atoms with van der Waals surface area (Å²) in [4.78, 5) is 8.29. The number of anilines is 2. The van der Waals surface area contributed by atoms with Crippen LogP contribution in [0.5, 0.6) is 5.75 Å². The molecule has 4 aromatic carbocycles. The van der Waals surface area contributed by atoms with Gasteiger partial charge in [-0.25, -0.2) is 8.42 Å². The van der Waals surface area contributed by atoms with Gasteiger partial charge in [0.1, 0.15) is 31.7 Å². The molecule has 0 heterocycles. The lowest BCUT2D eigenvalue weighted by atomic mass is 10.1. The minimum Gasteiger partial charge on any atom is -0.505 e. The molecule has 290 valence electrons. The number of alkyl halides is 1. The summed E-state index contributed by atoms with van der Waals surface area (Å²) in [5, 5.41) is 45.5. The van der Waals surface area contributed by atoms with Gasteiger partial charge >= 0.3 is 0 Å². The Hall–Kier alpha value is -4.51. The first-order valence-electron chi connectivity index (χ1n) is 14.5. The molecular formula is C28H27BrN6O15S4. The van der Waals surface area contributed by atoms with E-state index in [2.05, 4.69) is 41.7 Å². The van der Waals surface area contributed by atoms with Crippen molar-refractivity contribution in [1.29, 1.82) is 0 Å². The number of nitrogens with one attached hydrogen (secondary N) is 1. The van der Waals surface area contributed by atoms with E-state index in [1.807, 2.05) is 0 Å². The fraction of sp³-hybridized carbons (Fsp3) is 0.179. The molecule has 21 nitrogen and oxygen atoms in total. The average Bonchev–Trinajstić information content (AvgIpc) is 3.05. The van der Waals surface area contributed by atoms with Gasteiger partial charge < -0.3 is 26.4 Å². The number of rotatable bonds is 14. The predicted molar refractivity (Wildman–Crippen MR) is 193 cm³/mol. The number of nitrogens with zero attached hydrogens (tertiary/aromatic N) is 4. The number of aliphatic hydroxyl groups excluding tert-OH is 2. The lowest BCUT2D eigenvalue weighted by molar-refractivity contribution is -0.116. The van der Waals surface area contributed by atoms with E-state index in [0.717, 1.165) is 42.5 Å². The second-order valence-electron chi connectivity index (χ2n) is 10.9. The van der Waals surface area contributed by atoms with E-state index in [0.29, 0.717) is 12.1 Å². The number of carbonyl (C=O) groups is 1. The Kier molecular flexibility index (Phi) is 12.6. The number of halogens is 1. The average molecular weight is 896 g/mol. The highest BCUT2D eigenvalue weighted by atomic mass is 79.9. The molecule has 1 atom stereocenters. The van der Waals surface area contributed by atoms with Crippen LogP contribution in [-0.4, -0.2) is 92.3 Å². The topological polar surface area (TPSA) is 363 Å². The van der Waals surface area contributed by atoms with Crippen LogP contribution in [0, 0.1) is 0 Å². The third kappa shape index (κ3) is 9.77. The molecule has 0 saturated carbocycles. The van der Waals surface area contributed by atoms with Crippen LogP contribution in [0.4, 0.5) is 34.1 Å². The Balaban J connectivity index is 1.93. The molecule has 54 heavy (non-hydrogen) atoms. The Morgan fingerprint density at radius 1 is 0.759 bits per heavy atom. The van der Waals surface area contributed by atoms with Crippen molar-refractivity contribution in [1.82, 2.24) is 0 Å². The number of aliphatic hydroxyl groups is 2. The number of carbonyl (C=O) groups excluding carboxylic acids is 1. The summed E-state index contributed by atoms with van der Waals surface area (Å²) in [5.41, 5.74) is 2.58. The smallest absolute Gasteiger partial charge is 0.296 e. The number of hydrogen-bond donors (Lipinski definition) is 8. The minimum atomic E-state index is -5.38. The maximum absolute atomic E-state index is 12.4. The van der Waals surface area contributed by atoms with Crippen molar-refractivity contribution in [3.63, 3.8) is 0 Å². The van der Waals surface area contributed by atoms with Gasteiger partial charge in [-0.2, -0.15) is 30.4 Å². The van der Waals surface area contributed by atoms with Crippen molar-refractivity contribution in [2.75, 3.05) is 30.0 Å². The molecule has 0 aliphatic carbocycles. The Morgan fingerprint density at radius 2 is 1.31 bits per heavy atom. The summed E-state index contributed by atoms with van der Waals surface area (Å²) < 4.78 is 128. The van der Waals surface area contributed by atoms with Crippen LogP contribution < -0.4 is 11.1 Å². The molecule has 1 amide bonds. The Morgan fingerprint density at radius 3 is 1.85 bits per heavy atom. The van der Waals surface area contributed by atoms with E-state index in [1.165, 1.54) is 0 Å². The molecule has 0 radical (unpaired) electrons. The molecule has 0 spiro atoms. The Bertz CT molecular complexity index is 2660. The largest absolute Gasteiger partial charge is 0.505 e. The summed E-state index contributed by atoms with van der Waals surface area (Å²) in [7, 11) is -19.5. The molecular weight excluding hydrogens is 869 g/mol. The van der Waals surface area contributed by atoms with E-state index in [4.69, 9.17) is 15.9 Å². The number of phenols is 1. The number of hydrogen-bond acceptors (Lipinski definition) is 17. The number of nitrogen functional groups attached to an aromatic ring is 1. The van der Waals surface area contributed by atoms with Crippen LogP contribution in [0.1, 0.15) is 6.42 Å². The molecule has 26 heteroatoms. The SMILES string of the molecule is Nc1c(N=Nc2ccc(S(=O)(=O)CCO)cc2)c(S(=O)(=O)O)cc2cc(S(=O)(=O)O)c(N=Nc3cc(NC(=O)CC(Br)CO)ccc3S(=O)(=O)O)c(O)c12. The van der Waals surface area contributed by atoms with Gasteiger partial charge in [0.25, 0.3) is 30.4 Å². The van der Waals surface area contributed by atoms with Gasteiger partial charge in [-0.05, 0) is 60.0 Å². The number of benzene rings is 4. The number of aromatic hydroxyl groups is 1. The molecule has 4 aromatic rings. The molecule has 0 fully saturated rings. The molecule has 0 aliphatic rings. The zero-order valence-electron chi connectivity index (χ0n) is 26.8. The summed E-state index contributed by atoms with van der Waals surface area (Å²) >= 11 is 3.06. The number of fused-ring (bicyclic) bond motifs is 1. The second kappa shape index (κ2) is 16.1. The van der Waals surface area contributed by atoms with Gasteiger partial charge in [0.05, 0.1) is 40.6 Å². The van der Waals surface area contributed by atoms with E-state index in [9.17, 15) is 57.2 Å². The molecule has 0 aromatic heterocycles. The summed E-state index contributed by atoms with van der Waals surface area (Å²) in [6.45, 7) is -1.05. The highest BCUT2D eigenvalue weighted by Gasteiger charge is 2.28. The third-order valence-electron chi connectivity index (χ3n) is 7.07. The van der Waals surface area contributed by atoms with Gasteiger partial charge in [0.15, 0.2) is 15.6 Å². The number of phenolic OH excluding ortho intramolecular Hbond substituents is 1. The van der Waals surface area contributed by atoms with Crippen molar-refractivity contribution in [2.24, 2.45) is 20.5 Å². The van der Waals surface area contributed by atoms with Gasteiger partial charge in [0.2, 0.25) is 5.91 Å². The first-order valence-corrected chi connectivity index (χ1v) is 21.4. The van der Waals surface area contributed by atoms with Gasteiger partial charge in [0, 0.05) is 16.9 Å². The second-order valence-corrected chi connectivity index (χ2v) is 18.5. The molecule has 4 rings (SSSR count). The van der Waals surface area contributed by atoms with Crippen molar-refractivity contribution >= 4 is 107 Å². The maximum atomic E-state index is 12.4. The summed E-state index contributed by atoms with van der Waals surface area (Å²) in [5.74, 6) is -2.44.